The van der Waals surface area contributed by atoms with Crippen LogP contribution in [-0.2, 0) is 0 Å². The number of rotatable bonds is 6. The predicted molar refractivity (Wildman–Crippen MR) is 78.1 cm³/mol. The molecular formula is C14H18N4O2. The highest BCUT2D eigenvalue weighted by Gasteiger charge is 2.07. The summed E-state index contributed by atoms with van der Waals surface area (Å²) in [5.41, 5.74) is 2.10. The molecule has 1 heterocycles. The largest absolute Gasteiger partial charge is 0.394 e. The molecule has 0 spiro atoms. The number of nitrogens with zero attached hydrogens (tertiary/aromatic N) is 2. The van der Waals surface area contributed by atoms with Crippen molar-refractivity contribution in [2.45, 2.75) is 13.0 Å². The fourth-order valence-electron chi connectivity index (χ4n) is 1.73. The van der Waals surface area contributed by atoms with Crippen LogP contribution >= 0.6 is 0 Å². The molecule has 1 aromatic heterocycles. The topological polar surface area (TPSA) is 90.3 Å². The van der Waals surface area contributed by atoms with Crippen LogP contribution in [0.5, 0.6) is 0 Å². The minimum Gasteiger partial charge on any atom is -0.394 e. The predicted octanol–water partition coefficient (Wildman–Crippen LogP) is 1.29. The Hall–Kier alpha value is -2.18. The molecule has 0 fully saturated rings. The standard InChI is InChI=1S/C14H18N4O2/c1-10-3-2-4-11(5-10)17-13-6-14(16-9-15-13)18-12(7-19)8-20/h2-6,9,12,19-20H,7-8H2,1H3,(H2,15,16,17,18). The number of aliphatic hydroxyl groups excluding tert-OH is 2. The van der Waals surface area contributed by atoms with E-state index in [9.17, 15) is 0 Å². The number of aliphatic hydroxyl groups is 2. The van der Waals surface area contributed by atoms with Gasteiger partial charge in [0.05, 0.1) is 19.3 Å². The molecule has 6 heteroatoms. The molecule has 0 radical (unpaired) electrons. The first-order valence-corrected chi connectivity index (χ1v) is 6.35. The van der Waals surface area contributed by atoms with Gasteiger partial charge in [-0.05, 0) is 24.6 Å². The van der Waals surface area contributed by atoms with Crippen molar-refractivity contribution in [3.05, 3.63) is 42.2 Å². The number of aromatic nitrogens is 2. The highest BCUT2D eigenvalue weighted by molar-refractivity contribution is 5.59. The fraction of sp³-hybridized carbons (Fsp3) is 0.286. The Labute approximate surface area is 117 Å². The maximum absolute atomic E-state index is 9.04. The minimum absolute atomic E-state index is 0.166. The highest BCUT2D eigenvalue weighted by atomic mass is 16.3. The van der Waals surface area contributed by atoms with E-state index in [-0.39, 0.29) is 13.2 Å². The van der Waals surface area contributed by atoms with Crippen LogP contribution < -0.4 is 10.6 Å². The third kappa shape index (κ3) is 3.91. The second-order valence-electron chi connectivity index (χ2n) is 4.49. The Balaban J connectivity index is 2.09. The molecule has 0 aliphatic rings. The van der Waals surface area contributed by atoms with Crippen molar-refractivity contribution in [1.29, 1.82) is 0 Å². The highest BCUT2D eigenvalue weighted by Crippen LogP contribution is 2.17. The Morgan fingerprint density at radius 1 is 1.10 bits per heavy atom. The van der Waals surface area contributed by atoms with Crippen LogP contribution in [0.3, 0.4) is 0 Å². The van der Waals surface area contributed by atoms with Crippen LogP contribution in [0.4, 0.5) is 17.3 Å². The van der Waals surface area contributed by atoms with E-state index in [1.54, 1.807) is 6.07 Å². The SMILES string of the molecule is Cc1cccc(Nc2cc(NC(CO)CO)ncn2)c1. The lowest BCUT2D eigenvalue weighted by atomic mass is 10.2. The van der Waals surface area contributed by atoms with E-state index < -0.39 is 6.04 Å². The van der Waals surface area contributed by atoms with Gasteiger partial charge >= 0.3 is 0 Å². The molecule has 2 rings (SSSR count). The Kier molecular flexibility index (Phi) is 4.86. The number of hydrogen-bond donors (Lipinski definition) is 4. The Morgan fingerprint density at radius 2 is 1.85 bits per heavy atom. The summed E-state index contributed by atoms with van der Waals surface area (Å²) in [7, 11) is 0. The minimum atomic E-state index is -0.434. The van der Waals surface area contributed by atoms with Gasteiger partial charge in [0, 0.05) is 11.8 Å². The quantitative estimate of drug-likeness (QED) is 0.634. The fourth-order valence-corrected chi connectivity index (χ4v) is 1.73. The summed E-state index contributed by atoms with van der Waals surface area (Å²) in [6.45, 7) is 1.69. The van der Waals surface area contributed by atoms with Gasteiger partial charge in [-0.3, -0.25) is 0 Å². The van der Waals surface area contributed by atoms with E-state index >= 15 is 0 Å². The van der Waals surface area contributed by atoms with Gasteiger partial charge in [0.25, 0.3) is 0 Å². The Morgan fingerprint density at radius 3 is 2.55 bits per heavy atom. The molecule has 0 aliphatic carbocycles. The second-order valence-corrected chi connectivity index (χ2v) is 4.49. The maximum Gasteiger partial charge on any atom is 0.135 e. The van der Waals surface area contributed by atoms with Gasteiger partial charge in [-0.2, -0.15) is 0 Å². The normalized spacial score (nSPS) is 10.6. The number of benzene rings is 1. The van der Waals surface area contributed by atoms with Crippen molar-refractivity contribution in [3.63, 3.8) is 0 Å². The molecule has 0 unspecified atom stereocenters. The lowest BCUT2D eigenvalue weighted by Crippen LogP contribution is -2.28. The zero-order valence-corrected chi connectivity index (χ0v) is 11.2. The summed E-state index contributed by atoms with van der Waals surface area (Å²) >= 11 is 0. The van der Waals surface area contributed by atoms with Gasteiger partial charge in [0.1, 0.15) is 18.0 Å². The van der Waals surface area contributed by atoms with Crippen molar-refractivity contribution >= 4 is 17.3 Å². The zero-order valence-electron chi connectivity index (χ0n) is 11.2. The van der Waals surface area contributed by atoms with Crippen LogP contribution in [0.25, 0.3) is 0 Å². The monoisotopic (exact) mass is 274 g/mol. The molecule has 0 bridgehead atoms. The third-order valence-electron chi connectivity index (χ3n) is 2.75. The molecule has 0 saturated heterocycles. The molecule has 0 atom stereocenters. The molecule has 106 valence electrons. The summed E-state index contributed by atoms with van der Waals surface area (Å²) < 4.78 is 0. The number of aryl methyl sites for hydroxylation is 1. The van der Waals surface area contributed by atoms with Crippen molar-refractivity contribution in [3.8, 4) is 0 Å². The van der Waals surface area contributed by atoms with Crippen LogP contribution in [0.15, 0.2) is 36.7 Å². The molecule has 0 amide bonds. The first-order chi connectivity index (χ1) is 9.71. The second kappa shape index (κ2) is 6.83. The van der Waals surface area contributed by atoms with Crippen molar-refractivity contribution < 1.29 is 10.2 Å². The number of anilines is 3. The average Bonchev–Trinajstić information content (AvgIpc) is 2.45. The van der Waals surface area contributed by atoms with Gasteiger partial charge in [-0.15, -0.1) is 0 Å². The van der Waals surface area contributed by atoms with Crippen LogP contribution in [0.2, 0.25) is 0 Å². The van der Waals surface area contributed by atoms with Gasteiger partial charge in [0.15, 0.2) is 0 Å². The maximum atomic E-state index is 9.04. The molecule has 6 nitrogen and oxygen atoms in total. The summed E-state index contributed by atoms with van der Waals surface area (Å²) in [6.07, 6.45) is 1.42. The molecule has 0 saturated carbocycles. The third-order valence-corrected chi connectivity index (χ3v) is 2.75. The van der Waals surface area contributed by atoms with Crippen LogP contribution in [-0.4, -0.2) is 39.4 Å². The van der Waals surface area contributed by atoms with E-state index in [4.69, 9.17) is 10.2 Å². The van der Waals surface area contributed by atoms with E-state index in [2.05, 4.69) is 20.6 Å². The smallest absolute Gasteiger partial charge is 0.135 e. The van der Waals surface area contributed by atoms with Gasteiger partial charge in [0.2, 0.25) is 0 Å². The van der Waals surface area contributed by atoms with Crippen LogP contribution in [0, 0.1) is 6.92 Å². The molecule has 2 aromatic rings. The lowest BCUT2D eigenvalue weighted by Gasteiger charge is -2.14. The van der Waals surface area contributed by atoms with Crippen molar-refractivity contribution in [2.75, 3.05) is 23.8 Å². The summed E-state index contributed by atoms with van der Waals surface area (Å²) in [5.74, 6) is 1.19. The van der Waals surface area contributed by atoms with Crippen LogP contribution in [0.1, 0.15) is 5.56 Å². The number of nitrogens with one attached hydrogen (secondary N) is 2. The van der Waals surface area contributed by atoms with E-state index in [1.807, 2.05) is 31.2 Å². The van der Waals surface area contributed by atoms with Crippen molar-refractivity contribution in [2.24, 2.45) is 0 Å². The lowest BCUT2D eigenvalue weighted by molar-refractivity contribution is 0.203. The molecule has 0 aliphatic heterocycles. The molecule has 4 N–H and O–H groups in total. The molecule has 1 aromatic carbocycles. The summed E-state index contributed by atoms with van der Waals surface area (Å²) in [4.78, 5) is 8.19. The summed E-state index contributed by atoms with van der Waals surface area (Å²) in [6, 6.07) is 9.24. The Bertz CT molecular complexity index is 558. The summed E-state index contributed by atoms with van der Waals surface area (Å²) in [5, 5.41) is 24.2. The molecule has 20 heavy (non-hydrogen) atoms. The van der Waals surface area contributed by atoms with Gasteiger partial charge in [-0.25, -0.2) is 9.97 Å². The van der Waals surface area contributed by atoms with E-state index in [0.717, 1.165) is 11.3 Å². The van der Waals surface area contributed by atoms with E-state index in [1.165, 1.54) is 6.33 Å². The average molecular weight is 274 g/mol. The van der Waals surface area contributed by atoms with Gasteiger partial charge in [-0.1, -0.05) is 12.1 Å². The zero-order chi connectivity index (χ0) is 14.4. The molecular weight excluding hydrogens is 256 g/mol. The number of hydrogen-bond acceptors (Lipinski definition) is 6. The first kappa shape index (κ1) is 14.2. The first-order valence-electron chi connectivity index (χ1n) is 6.35. The van der Waals surface area contributed by atoms with E-state index in [0.29, 0.717) is 11.6 Å². The van der Waals surface area contributed by atoms with Crippen molar-refractivity contribution in [1.82, 2.24) is 9.97 Å². The van der Waals surface area contributed by atoms with Gasteiger partial charge < -0.3 is 20.8 Å².